The summed E-state index contributed by atoms with van der Waals surface area (Å²) in [6.45, 7) is 1.59. The van der Waals surface area contributed by atoms with Gasteiger partial charge in [-0.1, -0.05) is 17.8 Å². The quantitative estimate of drug-likeness (QED) is 0.868. The highest BCUT2D eigenvalue weighted by atomic mass is 32.2. The second-order valence-electron chi connectivity index (χ2n) is 3.93. The van der Waals surface area contributed by atoms with Gasteiger partial charge in [-0.15, -0.1) is 5.10 Å². The number of rotatable bonds is 4. The van der Waals surface area contributed by atoms with Crippen molar-refractivity contribution in [3.8, 4) is 0 Å². The molecule has 0 unspecified atom stereocenters. The lowest BCUT2D eigenvalue weighted by atomic mass is 10.3. The van der Waals surface area contributed by atoms with Gasteiger partial charge in [0.15, 0.2) is 0 Å². The summed E-state index contributed by atoms with van der Waals surface area (Å²) < 4.78 is 28.2. The molecule has 0 aliphatic heterocycles. The molecule has 1 heterocycles. The molecule has 1 aromatic heterocycles. The maximum Gasteiger partial charge on any atom is 0.237 e. The van der Waals surface area contributed by atoms with E-state index in [-0.39, 0.29) is 0 Å². The Morgan fingerprint density at radius 3 is 2.60 bits per heavy atom. The molecule has 1 aromatic carbocycles. The lowest BCUT2D eigenvalue weighted by Gasteiger charge is -2.11. The standard InChI is InChI=1S/C11H11F2N5OS/c1-6(20-11-15-16-17-18(11)2)10(19)14-9-7(12)4-3-5-8(9)13/h3-6H,1-2H3,(H,14,19)/t6-/m0/s1. The van der Waals surface area contributed by atoms with Crippen LogP contribution in [0.4, 0.5) is 14.5 Å². The van der Waals surface area contributed by atoms with Crippen molar-refractivity contribution < 1.29 is 13.6 Å². The average molecular weight is 299 g/mol. The zero-order valence-electron chi connectivity index (χ0n) is 10.7. The van der Waals surface area contributed by atoms with Gasteiger partial charge < -0.3 is 5.32 Å². The van der Waals surface area contributed by atoms with E-state index in [2.05, 4.69) is 20.8 Å². The van der Waals surface area contributed by atoms with Crippen LogP contribution < -0.4 is 5.32 Å². The molecule has 6 nitrogen and oxygen atoms in total. The van der Waals surface area contributed by atoms with E-state index >= 15 is 0 Å². The Kier molecular flexibility index (Phi) is 4.28. The van der Waals surface area contributed by atoms with Crippen LogP contribution in [0.25, 0.3) is 0 Å². The Hall–Kier alpha value is -2.03. The maximum atomic E-state index is 13.4. The number of carbonyl (C=O) groups is 1. The number of tetrazole rings is 1. The van der Waals surface area contributed by atoms with Crippen LogP contribution in [0.5, 0.6) is 0 Å². The Labute approximate surface area is 117 Å². The Morgan fingerprint density at radius 2 is 2.05 bits per heavy atom. The molecule has 0 aliphatic carbocycles. The van der Waals surface area contributed by atoms with Crippen molar-refractivity contribution in [2.75, 3.05) is 5.32 Å². The van der Waals surface area contributed by atoms with Crippen LogP contribution in [0.2, 0.25) is 0 Å². The molecule has 0 aliphatic rings. The molecule has 0 bridgehead atoms. The van der Waals surface area contributed by atoms with Gasteiger partial charge in [0, 0.05) is 7.05 Å². The molecule has 0 saturated carbocycles. The van der Waals surface area contributed by atoms with E-state index in [1.165, 1.54) is 10.7 Å². The number of anilines is 1. The number of halogens is 2. The van der Waals surface area contributed by atoms with E-state index in [0.717, 1.165) is 23.9 Å². The van der Waals surface area contributed by atoms with Crippen LogP contribution in [0.1, 0.15) is 6.92 Å². The van der Waals surface area contributed by atoms with Gasteiger partial charge in [-0.3, -0.25) is 4.79 Å². The summed E-state index contributed by atoms with van der Waals surface area (Å²) in [6, 6.07) is 3.37. The fourth-order valence-electron chi connectivity index (χ4n) is 1.37. The van der Waals surface area contributed by atoms with Gasteiger partial charge in [0.2, 0.25) is 11.1 Å². The first kappa shape index (κ1) is 14.4. The topological polar surface area (TPSA) is 72.7 Å². The summed E-state index contributed by atoms with van der Waals surface area (Å²) in [7, 11) is 1.63. The highest BCUT2D eigenvalue weighted by Crippen LogP contribution is 2.23. The van der Waals surface area contributed by atoms with Crippen molar-refractivity contribution in [3.63, 3.8) is 0 Å². The number of thioether (sulfide) groups is 1. The minimum absolute atomic E-state index is 0.432. The van der Waals surface area contributed by atoms with Crippen LogP contribution in [0, 0.1) is 11.6 Å². The van der Waals surface area contributed by atoms with Crippen LogP contribution in [0.15, 0.2) is 23.4 Å². The molecule has 0 spiro atoms. The Bertz CT molecular complexity index is 613. The molecule has 9 heteroatoms. The van der Waals surface area contributed by atoms with Crippen molar-refractivity contribution in [1.82, 2.24) is 20.2 Å². The summed E-state index contributed by atoms with van der Waals surface area (Å²) >= 11 is 1.09. The van der Waals surface area contributed by atoms with E-state index in [1.54, 1.807) is 14.0 Å². The molecule has 0 radical (unpaired) electrons. The number of benzene rings is 1. The Morgan fingerprint density at radius 1 is 1.40 bits per heavy atom. The number of para-hydroxylation sites is 1. The number of hydrogen-bond donors (Lipinski definition) is 1. The molecular weight excluding hydrogens is 288 g/mol. The first-order valence-electron chi connectivity index (χ1n) is 5.63. The maximum absolute atomic E-state index is 13.4. The van der Waals surface area contributed by atoms with Gasteiger partial charge in [0.05, 0.1) is 5.25 Å². The summed E-state index contributed by atoms with van der Waals surface area (Å²) in [5.74, 6) is -2.19. The first-order valence-corrected chi connectivity index (χ1v) is 6.51. The summed E-state index contributed by atoms with van der Waals surface area (Å²) in [6.07, 6.45) is 0. The second-order valence-corrected chi connectivity index (χ2v) is 5.24. The van der Waals surface area contributed by atoms with Crippen LogP contribution >= 0.6 is 11.8 Å². The van der Waals surface area contributed by atoms with Crippen LogP contribution in [0.3, 0.4) is 0 Å². The third-order valence-corrected chi connectivity index (χ3v) is 3.57. The number of aryl methyl sites for hydroxylation is 1. The van der Waals surface area contributed by atoms with Crippen molar-refractivity contribution in [1.29, 1.82) is 0 Å². The van der Waals surface area contributed by atoms with Gasteiger partial charge >= 0.3 is 0 Å². The SMILES string of the molecule is C[C@H](Sc1nnnn1C)C(=O)Nc1c(F)cccc1F. The highest BCUT2D eigenvalue weighted by Gasteiger charge is 2.20. The average Bonchev–Trinajstić information content (AvgIpc) is 2.79. The fourth-order valence-corrected chi connectivity index (χ4v) is 2.13. The van der Waals surface area contributed by atoms with E-state index in [0.29, 0.717) is 5.16 Å². The number of aromatic nitrogens is 4. The summed E-state index contributed by atoms with van der Waals surface area (Å²) in [4.78, 5) is 11.9. The van der Waals surface area contributed by atoms with Crippen molar-refractivity contribution in [3.05, 3.63) is 29.8 Å². The predicted octanol–water partition coefficient (Wildman–Crippen LogP) is 1.61. The van der Waals surface area contributed by atoms with Gasteiger partial charge in [0.1, 0.15) is 17.3 Å². The van der Waals surface area contributed by atoms with Gasteiger partial charge in [-0.05, 0) is 29.5 Å². The van der Waals surface area contributed by atoms with Gasteiger partial charge in [0.25, 0.3) is 0 Å². The predicted molar refractivity (Wildman–Crippen MR) is 69.1 cm³/mol. The van der Waals surface area contributed by atoms with Gasteiger partial charge in [-0.25, -0.2) is 13.5 Å². The van der Waals surface area contributed by atoms with E-state index < -0.39 is 28.5 Å². The zero-order valence-corrected chi connectivity index (χ0v) is 11.5. The molecule has 2 rings (SSSR count). The minimum atomic E-state index is -0.823. The number of hydrogen-bond acceptors (Lipinski definition) is 5. The fraction of sp³-hybridized carbons (Fsp3) is 0.273. The number of nitrogens with zero attached hydrogens (tertiary/aromatic N) is 4. The molecule has 2 aromatic rings. The third-order valence-electron chi connectivity index (χ3n) is 2.44. The Balaban J connectivity index is 2.06. The molecule has 0 saturated heterocycles. The zero-order chi connectivity index (χ0) is 14.7. The molecule has 1 N–H and O–H groups in total. The van der Waals surface area contributed by atoms with Crippen LogP contribution in [-0.4, -0.2) is 31.4 Å². The third kappa shape index (κ3) is 3.10. The smallest absolute Gasteiger partial charge is 0.237 e. The van der Waals surface area contributed by atoms with Crippen molar-refractivity contribution >= 4 is 23.4 Å². The molecule has 1 amide bonds. The molecule has 0 fully saturated rings. The van der Waals surface area contributed by atoms with Gasteiger partial charge in [-0.2, -0.15) is 0 Å². The number of carbonyl (C=O) groups excluding carboxylic acids is 1. The monoisotopic (exact) mass is 299 g/mol. The lowest BCUT2D eigenvalue weighted by Crippen LogP contribution is -2.24. The summed E-state index contributed by atoms with van der Waals surface area (Å²) in [5.41, 5.74) is -0.457. The van der Waals surface area contributed by atoms with Crippen molar-refractivity contribution in [2.24, 2.45) is 7.05 Å². The molecule has 20 heavy (non-hydrogen) atoms. The van der Waals surface area contributed by atoms with E-state index in [9.17, 15) is 13.6 Å². The number of nitrogens with one attached hydrogen (secondary N) is 1. The minimum Gasteiger partial charge on any atom is -0.320 e. The largest absolute Gasteiger partial charge is 0.320 e. The number of amides is 1. The van der Waals surface area contributed by atoms with E-state index in [1.807, 2.05) is 0 Å². The highest BCUT2D eigenvalue weighted by molar-refractivity contribution is 8.00. The molecule has 106 valence electrons. The lowest BCUT2D eigenvalue weighted by molar-refractivity contribution is -0.115. The molecule has 1 atom stereocenters. The van der Waals surface area contributed by atoms with Crippen LogP contribution in [-0.2, 0) is 11.8 Å². The normalized spacial score (nSPS) is 12.2. The molecular formula is C11H11F2N5OS. The summed E-state index contributed by atoms with van der Waals surface area (Å²) in [5, 5.41) is 12.8. The van der Waals surface area contributed by atoms with Crippen molar-refractivity contribution in [2.45, 2.75) is 17.3 Å². The van der Waals surface area contributed by atoms with E-state index in [4.69, 9.17) is 0 Å². The first-order chi connectivity index (χ1) is 9.49. The second kappa shape index (κ2) is 5.95.